The van der Waals surface area contributed by atoms with Crippen molar-refractivity contribution >= 4 is 21.6 Å². The number of rotatable bonds is 7. The fourth-order valence-corrected chi connectivity index (χ4v) is 6.36. The Hall–Kier alpha value is -3.34. The number of hydrogen-bond donors (Lipinski definition) is 1. The van der Waals surface area contributed by atoms with Crippen molar-refractivity contribution in [2.75, 3.05) is 11.4 Å². The first-order valence-corrected chi connectivity index (χ1v) is 12.5. The van der Waals surface area contributed by atoms with Gasteiger partial charge in [-0.2, -0.15) is 18.3 Å². The molecule has 11 heteroatoms. The minimum absolute atomic E-state index is 0.262. The molecular weight excluding hydrogens is 483 g/mol. The Labute approximate surface area is 200 Å². The van der Waals surface area contributed by atoms with Crippen molar-refractivity contribution < 1.29 is 31.5 Å². The molecule has 1 aromatic heterocycles. The van der Waals surface area contributed by atoms with E-state index >= 15 is 0 Å². The maximum Gasteiger partial charge on any atom is 0.417 e. The second-order valence-corrected chi connectivity index (χ2v) is 10.7. The predicted molar refractivity (Wildman–Crippen MR) is 123 cm³/mol. The van der Waals surface area contributed by atoms with Gasteiger partial charge in [0.2, 0.25) is 0 Å². The molecule has 0 radical (unpaired) electrons. The number of nitrogens with zero attached hydrogens (tertiary/aromatic N) is 3. The molecule has 0 spiro atoms. The van der Waals surface area contributed by atoms with Gasteiger partial charge in [0, 0.05) is 19.2 Å². The number of carbonyl (C=O) groups is 1. The van der Waals surface area contributed by atoms with Gasteiger partial charge in [-0.1, -0.05) is 42.5 Å². The quantitative estimate of drug-likeness (QED) is 0.521. The van der Waals surface area contributed by atoms with Crippen LogP contribution in [-0.4, -0.2) is 47.1 Å². The molecular formula is C24H24F3N3O4S. The predicted octanol–water partition coefficient (Wildman–Crippen LogP) is 3.96. The number of carboxylic acids is 1. The van der Waals surface area contributed by atoms with Crippen LogP contribution >= 0.6 is 0 Å². The van der Waals surface area contributed by atoms with Crippen molar-refractivity contribution in [2.45, 2.75) is 48.7 Å². The lowest BCUT2D eigenvalue weighted by molar-refractivity contribution is -0.140. The average molecular weight is 508 g/mol. The fourth-order valence-electron chi connectivity index (χ4n) is 4.45. The fraction of sp³-hybridized carbons (Fsp3) is 0.333. The largest absolute Gasteiger partial charge is 0.480 e. The normalized spacial score (nSPS) is 18.7. The van der Waals surface area contributed by atoms with Gasteiger partial charge in [-0.25, -0.2) is 17.9 Å². The molecule has 35 heavy (non-hydrogen) atoms. The van der Waals surface area contributed by atoms with Crippen molar-refractivity contribution in [1.82, 2.24) is 9.78 Å². The average Bonchev–Trinajstić information content (AvgIpc) is 3.42. The van der Waals surface area contributed by atoms with E-state index in [1.807, 2.05) is 30.3 Å². The third-order valence-electron chi connectivity index (χ3n) is 6.12. The van der Waals surface area contributed by atoms with Crippen LogP contribution in [0.1, 0.15) is 23.2 Å². The number of aryl methyl sites for hydroxylation is 3. The van der Waals surface area contributed by atoms with Crippen molar-refractivity contribution in [3.8, 4) is 0 Å². The summed E-state index contributed by atoms with van der Waals surface area (Å²) >= 11 is 0. The van der Waals surface area contributed by atoms with Crippen LogP contribution < -0.4 is 4.90 Å². The molecule has 1 aliphatic rings. The molecule has 2 aromatic carbocycles. The number of aliphatic carboxylic acids is 1. The number of aromatic nitrogens is 2. The van der Waals surface area contributed by atoms with Crippen molar-refractivity contribution in [2.24, 2.45) is 0 Å². The summed E-state index contributed by atoms with van der Waals surface area (Å²) in [5.41, 5.74) is 0.409. The molecule has 0 bridgehead atoms. The van der Waals surface area contributed by atoms with Crippen LogP contribution in [0.2, 0.25) is 0 Å². The zero-order chi connectivity index (χ0) is 25.4. The second-order valence-electron chi connectivity index (χ2n) is 8.51. The van der Waals surface area contributed by atoms with Gasteiger partial charge in [0.1, 0.15) is 11.9 Å². The molecule has 2 unspecified atom stereocenters. The zero-order valence-electron chi connectivity index (χ0n) is 18.8. The van der Waals surface area contributed by atoms with Crippen LogP contribution in [0.15, 0.2) is 65.6 Å². The van der Waals surface area contributed by atoms with Gasteiger partial charge in [-0.15, -0.1) is 0 Å². The Morgan fingerprint density at radius 3 is 2.43 bits per heavy atom. The van der Waals surface area contributed by atoms with Gasteiger partial charge in [0.05, 0.1) is 21.4 Å². The van der Waals surface area contributed by atoms with E-state index in [0.717, 1.165) is 23.8 Å². The topological polar surface area (TPSA) is 92.5 Å². The molecule has 1 N–H and O–H groups in total. The summed E-state index contributed by atoms with van der Waals surface area (Å²) in [6.45, 7) is 1.90. The molecule has 1 aliphatic heterocycles. The molecule has 0 amide bonds. The molecule has 2 atom stereocenters. The smallest absolute Gasteiger partial charge is 0.417 e. The van der Waals surface area contributed by atoms with E-state index in [9.17, 15) is 31.5 Å². The lowest BCUT2D eigenvalue weighted by atomic mass is 10.1. The van der Waals surface area contributed by atoms with Crippen LogP contribution in [0, 0.1) is 6.92 Å². The first-order chi connectivity index (χ1) is 16.5. The van der Waals surface area contributed by atoms with Crippen LogP contribution in [-0.2, 0) is 33.8 Å². The van der Waals surface area contributed by atoms with Crippen molar-refractivity contribution in [3.05, 3.63) is 77.5 Å². The summed E-state index contributed by atoms with van der Waals surface area (Å²) in [4.78, 5) is 12.7. The maximum atomic E-state index is 13.5. The maximum absolute atomic E-state index is 13.5. The van der Waals surface area contributed by atoms with E-state index in [0.29, 0.717) is 24.5 Å². The number of alkyl halides is 3. The highest BCUT2D eigenvalue weighted by atomic mass is 32.2. The Kier molecular flexibility index (Phi) is 6.63. The van der Waals surface area contributed by atoms with Gasteiger partial charge in [-0.05, 0) is 37.5 Å². The van der Waals surface area contributed by atoms with Gasteiger partial charge in [0.15, 0.2) is 9.84 Å². The summed E-state index contributed by atoms with van der Waals surface area (Å²) < 4.78 is 68.8. The van der Waals surface area contributed by atoms with Gasteiger partial charge >= 0.3 is 12.1 Å². The summed E-state index contributed by atoms with van der Waals surface area (Å²) in [5.74, 6) is -0.826. The van der Waals surface area contributed by atoms with E-state index in [-0.39, 0.29) is 13.0 Å². The molecule has 1 fully saturated rings. The molecule has 4 rings (SSSR count). The van der Waals surface area contributed by atoms with E-state index in [1.165, 1.54) is 11.0 Å². The second kappa shape index (κ2) is 9.37. The van der Waals surface area contributed by atoms with Crippen LogP contribution in [0.5, 0.6) is 0 Å². The first kappa shape index (κ1) is 24.8. The summed E-state index contributed by atoms with van der Waals surface area (Å²) in [6.07, 6.45) is -4.59. The Balaban J connectivity index is 1.66. The molecule has 3 aromatic rings. The summed E-state index contributed by atoms with van der Waals surface area (Å²) in [7, 11) is -4.48. The highest BCUT2D eigenvalue weighted by Crippen LogP contribution is 2.38. The van der Waals surface area contributed by atoms with E-state index in [2.05, 4.69) is 5.10 Å². The van der Waals surface area contributed by atoms with Gasteiger partial charge in [-0.3, -0.25) is 0 Å². The van der Waals surface area contributed by atoms with Crippen molar-refractivity contribution in [3.63, 3.8) is 0 Å². The van der Waals surface area contributed by atoms with E-state index < -0.39 is 43.7 Å². The molecule has 1 saturated heterocycles. The Morgan fingerprint density at radius 2 is 1.77 bits per heavy atom. The number of sulfone groups is 1. The van der Waals surface area contributed by atoms with Crippen LogP contribution in [0.25, 0.3) is 0 Å². The number of anilines is 1. The van der Waals surface area contributed by atoms with E-state index in [4.69, 9.17) is 0 Å². The summed E-state index contributed by atoms with van der Waals surface area (Å²) in [6, 6.07) is 14.0. The Bertz CT molecular complexity index is 1320. The molecule has 7 nitrogen and oxygen atoms in total. The number of benzene rings is 2. The molecule has 0 saturated carbocycles. The van der Waals surface area contributed by atoms with Crippen molar-refractivity contribution in [1.29, 1.82) is 0 Å². The standard InChI is InChI=1S/C24H24F3N3O4S/c1-16-13-22(30(28-16)12-11-17-7-3-2-4-8-17)29-15-18(14-20(29)23(31)32)35(33,34)21-10-6-5-9-19(21)24(25,26)27/h2-10,13,18,20H,11-12,14-15H2,1H3,(H,31,32). The highest BCUT2D eigenvalue weighted by molar-refractivity contribution is 7.92. The number of hydrogen-bond acceptors (Lipinski definition) is 5. The number of carboxylic acid groups (broad SMARTS) is 1. The SMILES string of the molecule is Cc1cc(N2CC(S(=O)(=O)c3ccccc3C(F)(F)F)CC2C(=O)O)n(CCc2ccccc2)n1. The molecule has 2 heterocycles. The van der Waals surface area contributed by atoms with Crippen LogP contribution in [0.3, 0.4) is 0 Å². The third kappa shape index (κ3) is 5.04. The van der Waals surface area contributed by atoms with Gasteiger partial charge < -0.3 is 10.0 Å². The molecule has 186 valence electrons. The van der Waals surface area contributed by atoms with Crippen LogP contribution in [0.4, 0.5) is 19.0 Å². The highest BCUT2D eigenvalue weighted by Gasteiger charge is 2.47. The van der Waals surface area contributed by atoms with Gasteiger partial charge in [0.25, 0.3) is 0 Å². The number of halogens is 3. The first-order valence-electron chi connectivity index (χ1n) is 11.0. The monoisotopic (exact) mass is 507 g/mol. The zero-order valence-corrected chi connectivity index (χ0v) is 19.6. The third-order valence-corrected chi connectivity index (χ3v) is 8.30. The minimum atomic E-state index is -4.86. The molecule has 0 aliphatic carbocycles. The lowest BCUT2D eigenvalue weighted by Gasteiger charge is -2.24. The van der Waals surface area contributed by atoms with E-state index in [1.54, 1.807) is 17.7 Å². The minimum Gasteiger partial charge on any atom is -0.480 e. The lowest BCUT2D eigenvalue weighted by Crippen LogP contribution is -2.37. The summed E-state index contributed by atoms with van der Waals surface area (Å²) in [5, 5.41) is 13.0. The Morgan fingerprint density at radius 1 is 1.11 bits per heavy atom.